The number of carboxylic acid groups (broad SMARTS) is 1. The summed E-state index contributed by atoms with van der Waals surface area (Å²) in [5.41, 5.74) is -0.0914. The highest BCUT2D eigenvalue weighted by molar-refractivity contribution is 6.99. The number of hydrogen-bond acceptors (Lipinski definition) is 6. The zero-order valence-corrected chi connectivity index (χ0v) is 11.3. The highest BCUT2D eigenvalue weighted by atomic mass is 32.1. The second-order valence-electron chi connectivity index (χ2n) is 4.46. The van der Waals surface area contributed by atoms with Gasteiger partial charge in [0.05, 0.1) is 24.8 Å². The Kier molecular flexibility index (Phi) is 3.42. The largest absolute Gasteiger partial charge is 0.487 e. The van der Waals surface area contributed by atoms with E-state index in [1.807, 2.05) is 0 Å². The van der Waals surface area contributed by atoms with Crippen molar-refractivity contribution in [2.75, 3.05) is 18.0 Å². The first-order valence-corrected chi connectivity index (χ1v) is 6.70. The molecule has 6 nitrogen and oxygen atoms in total. The zero-order chi connectivity index (χ0) is 15.0. The van der Waals surface area contributed by atoms with Gasteiger partial charge in [0, 0.05) is 6.07 Å². The molecule has 0 saturated carbocycles. The molecular weight excluding hydrogens is 304 g/mol. The van der Waals surface area contributed by atoms with Gasteiger partial charge >= 0.3 is 5.97 Å². The number of ether oxygens (including phenoxy) is 1. The summed E-state index contributed by atoms with van der Waals surface area (Å²) in [6.07, 6.45) is -0.238. The van der Waals surface area contributed by atoms with E-state index < -0.39 is 17.6 Å². The lowest BCUT2D eigenvalue weighted by Gasteiger charge is -2.39. The van der Waals surface area contributed by atoms with Gasteiger partial charge in [-0.2, -0.15) is 8.75 Å². The molecule has 2 aromatic rings. The number of hydrogen-bond donors (Lipinski definition) is 1. The van der Waals surface area contributed by atoms with Crippen LogP contribution >= 0.6 is 11.7 Å². The van der Waals surface area contributed by atoms with Gasteiger partial charge in [-0.25, -0.2) is 13.6 Å². The molecule has 0 spiro atoms. The van der Waals surface area contributed by atoms with Crippen molar-refractivity contribution in [3.05, 3.63) is 35.5 Å². The highest BCUT2D eigenvalue weighted by Crippen LogP contribution is 2.26. The number of nitrogens with zero attached hydrogens (tertiary/aromatic N) is 3. The normalized spacial score (nSPS) is 14.9. The van der Waals surface area contributed by atoms with Gasteiger partial charge in [0.25, 0.3) is 0 Å². The predicted molar refractivity (Wildman–Crippen MR) is 69.9 cm³/mol. The number of halogens is 2. The van der Waals surface area contributed by atoms with Crippen molar-refractivity contribution < 1.29 is 23.4 Å². The molecule has 0 atom stereocenters. The van der Waals surface area contributed by atoms with E-state index in [4.69, 9.17) is 9.84 Å². The summed E-state index contributed by atoms with van der Waals surface area (Å²) in [7, 11) is 0. The van der Waals surface area contributed by atoms with Crippen LogP contribution in [-0.4, -0.2) is 39.0 Å². The number of benzene rings is 1. The molecule has 1 aliphatic rings. The molecule has 0 amide bonds. The first-order valence-electron chi connectivity index (χ1n) is 5.97. The van der Waals surface area contributed by atoms with Crippen LogP contribution in [0, 0.1) is 11.6 Å². The van der Waals surface area contributed by atoms with Crippen LogP contribution in [0.4, 0.5) is 14.6 Å². The minimum absolute atomic E-state index is 0.0914. The number of aromatic nitrogens is 2. The maximum Gasteiger partial charge on any atom is 0.359 e. The van der Waals surface area contributed by atoms with Gasteiger partial charge in [-0.15, -0.1) is 0 Å². The maximum absolute atomic E-state index is 13.0. The standard InChI is InChI=1S/C12H9F2N3O3S/c13-8-2-1-6(3-9(8)14)20-7-4-17(5-7)11-10(12(18)19)15-21-16-11/h1-3,7H,4-5H2,(H,18,19). The van der Waals surface area contributed by atoms with Crippen LogP contribution < -0.4 is 9.64 Å². The fourth-order valence-corrected chi connectivity index (χ4v) is 2.52. The fourth-order valence-electron chi connectivity index (χ4n) is 1.95. The molecule has 1 fully saturated rings. The third kappa shape index (κ3) is 2.64. The van der Waals surface area contributed by atoms with Crippen molar-refractivity contribution in [3.8, 4) is 5.75 Å². The monoisotopic (exact) mass is 313 g/mol. The lowest BCUT2D eigenvalue weighted by atomic mass is 10.1. The van der Waals surface area contributed by atoms with Crippen LogP contribution in [0.15, 0.2) is 18.2 Å². The summed E-state index contributed by atoms with van der Waals surface area (Å²) in [6.45, 7) is 0.815. The molecule has 2 heterocycles. The average molecular weight is 313 g/mol. The first kappa shape index (κ1) is 13.7. The van der Waals surface area contributed by atoms with Gasteiger partial charge < -0.3 is 14.7 Å². The van der Waals surface area contributed by atoms with E-state index in [0.717, 1.165) is 23.9 Å². The minimum Gasteiger partial charge on any atom is -0.487 e. The van der Waals surface area contributed by atoms with Crippen molar-refractivity contribution in [2.24, 2.45) is 0 Å². The average Bonchev–Trinajstić information content (AvgIpc) is 2.86. The van der Waals surface area contributed by atoms with Crippen molar-refractivity contribution in [1.82, 2.24) is 8.75 Å². The Morgan fingerprint density at radius 3 is 2.76 bits per heavy atom. The molecule has 21 heavy (non-hydrogen) atoms. The van der Waals surface area contributed by atoms with Crippen molar-refractivity contribution >= 4 is 23.5 Å². The Bertz CT molecular complexity index is 688. The van der Waals surface area contributed by atoms with Crippen molar-refractivity contribution in [2.45, 2.75) is 6.10 Å². The predicted octanol–water partition coefficient (Wildman–Crippen LogP) is 1.78. The minimum atomic E-state index is -1.14. The van der Waals surface area contributed by atoms with E-state index in [0.29, 0.717) is 18.9 Å². The molecule has 3 rings (SSSR count). The van der Waals surface area contributed by atoms with E-state index in [2.05, 4.69) is 8.75 Å². The molecule has 1 saturated heterocycles. The molecule has 0 radical (unpaired) electrons. The van der Waals surface area contributed by atoms with Crippen LogP contribution in [0.1, 0.15) is 10.5 Å². The Morgan fingerprint density at radius 1 is 1.33 bits per heavy atom. The Hall–Kier alpha value is -2.29. The second kappa shape index (κ2) is 5.24. The second-order valence-corrected chi connectivity index (χ2v) is 4.99. The lowest BCUT2D eigenvalue weighted by Crippen LogP contribution is -2.54. The van der Waals surface area contributed by atoms with E-state index >= 15 is 0 Å². The maximum atomic E-state index is 13.0. The SMILES string of the molecule is O=C(O)c1nsnc1N1CC(Oc2ccc(F)c(F)c2)C1. The first-order chi connectivity index (χ1) is 10.0. The van der Waals surface area contributed by atoms with Gasteiger partial charge in [-0.05, 0) is 12.1 Å². The number of aromatic carboxylic acids is 1. The van der Waals surface area contributed by atoms with Crippen LogP contribution in [0.25, 0.3) is 0 Å². The molecule has 1 aromatic heterocycles. The molecule has 1 N–H and O–H groups in total. The quantitative estimate of drug-likeness (QED) is 0.927. The number of carboxylic acids is 1. The number of anilines is 1. The summed E-state index contributed by atoms with van der Waals surface area (Å²) in [5.74, 6) is -2.51. The van der Waals surface area contributed by atoms with Crippen LogP contribution in [0.2, 0.25) is 0 Å². The van der Waals surface area contributed by atoms with Gasteiger partial charge in [-0.1, -0.05) is 0 Å². The topological polar surface area (TPSA) is 75.5 Å². The molecule has 1 aliphatic heterocycles. The smallest absolute Gasteiger partial charge is 0.359 e. The third-order valence-corrected chi connectivity index (χ3v) is 3.53. The number of carbonyl (C=O) groups is 1. The summed E-state index contributed by atoms with van der Waals surface area (Å²) in [5, 5.41) is 8.95. The molecule has 1 aromatic carbocycles. The van der Waals surface area contributed by atoms with Gasteiger partial charge in [0.2, 0.25) is 5.69 Å². The summed E-state index contributed by atoms with van der Waals surface area (Å²) in [4.78, 5) is 12.6. The summed E-state index contributed by atoms with van der Waals surface area (Å²) >= 11 is 0.826. The van der Waals surface area contributed by atoms with E-state index in [1.54, 1.807) is 4.90 Å². The van der Waals surface area contributed by atoms with Gasteiger partial charge in [0.1, 0.15) is 11.9 Å². The Balaban J connectivity index is 1.62. The molecule has 110 valence electrons. The zero-order valence-electron chi connectivity index (χ0n) is 10.5. The van der Waals surface area contributed by atoms with E-state index in [9.17, 15) is 13.6 Å². The summed E-state index contributed by atoms with van der Waals surface area (Å²) < 4.78 is 39.0. The van der Waals surface area contributed by atoms with Crippen molar-refractivity contribution in [1.29, 1.82) is 0 Å². The van der Waals surface area contributed by atoms with Crippen LogP contribution in [-0.2, 0) is 0 Å². The van der Waals surface area contributed by atoms with E-state index in [1.165, 1.54) is 6.07 Å². The Labute approximate surface area is 121 Å². The molecule has 0 aliphatic carbocycles. The lowest BCUT2D eigenvalue weighted by molar-refractivity contribution is 0.0691. The van der Waals surface area contributed by atoms with Crippen LogP contribution in [0.3, 0.4) is 0 Å². The molecule has 9 heteroatoms. The Morgan fingerprint density at radius 2 is 2.10 bits per heavy atom. The third-order valence-electron chi connectivity index (χ3n) is 3.02. The summed E-state index contributed by atoms with van der Waals surface area (Å²) in [6, 6.07) is 3.31. The van der Waals surface area contributed by atoms with Crippen LogP contribution in [0.5, 0.6) is 5.75 Å². The number of rotatable bonds is 4. The van der Waals surface area contributed by atoms with Crippen molar-refractivity contribution in [3.63, 3.8) is 0 Å². The fraction of sp³-hybridized carbons (Fsp3) is 0.250. The van der Waals surface area contributed by atoms with Gasteiger partial charge in [-0.3, -0.25) is 0 Å². The molecular formula is C12H9F2N3O3S. The molecule has 0 unspecified atom stereocenters. The molecule has 0 bridgehead atoms. The van der Waals surface area contributed by atoms with Gasteiger partial charge in [0.15, 0.2) is 17.5 Å². The van der Waals surface area contributed by atoms with E-state index in [-0.39, 0.29) is 17.5 Å². The highest BCUT2D eigenvalue weighted by Gasteiger charge is 2.33.